The molecule has 3 aromatic carbocycles. The highest BCUT2D eigenvalue weighted by Crippen LogP contribution is 2.33. The number of rotatable bonds is 3. The van der Waals surface area contributed by atoms with E-state index in [0.717, 1.165) is 32.4 Å². The van der Waals surface area contributed by atoms with Crippen LogP contribution in [0.15, 0.2) is 60.7 Å². The zero-order chi connectivity index (χ0) is 17.6. The summed E-state index contributed by atoms with van der Waals surface area (Å²) < 4.78 is 2.23. The van der Waals surface area contributed by atoms with Crippen molar-refractivity contribution in [2.75, 3.05) is 0 Å². The summed E-state index contributed by atoms with van der Waals surface area (Å²) in [6.45, 7) is 2.77. The van der Waals surface area contributed by atoms with Crippen LogP contribution in [0.2, 0.25) is 5.02 Å². The first-order valence-corrected chi connectivity index (χ1v) is 8.48. The van der Waals surface area contributed by atoms with Gasteiger partial charge in [0.1, 0.15) is 0 Å². The van der Waals surface area contributed by atoms with E-state index in [-0.39, 0.29) is 0 Å². The van der Waals surface area contributed by atoms with Gasteiger partial charge in [-0.05, 0) is 48.4 Å². The van der Waals surface area contributed by atoms with Crippen molar-refractivity contribution in [2.45, 2.75) is 13.5 Å². The Balaban J connectivity index is 2.03. The van der Waals surface area contributed by atoms with E-state index < -0.39 is 5.91 Å². The van der Waals surface area contributed by atoms with Crippen molar-refractivity contribution in [1.29, 1.82) is 0 Å². The topological polar surface area (TPSA) is 48.0 Å². The fourth-order valence-electron chi connectivity index (χ4n) is 3.40. The summed E-state index contributed by atoms with van der Waals surface area (Å²) in [6, 6.07) is 19.8. The van der Waals surface area contributed by atoms with Gasteiger partial charge in [-0.15, -0.1) is 0 Å². The number of halogens is 1. The van der Waals surface area contributed by atoms with Crippen LogP contribution in [0.4, 0.5) is 0 Å². The first-order valence-electron chi connectivity index (χ1n) is 8.10. The Labute approximate surface area is 150 Å². The lowest BCUT2D eigenvalue weighted by molar-refractivity contribution is 0.100. The summed E-state index contributed by atoms with van der Waals surface area (Å²) in [6.07, 6.45) is 0. The number of primary amides is 1. The zero-order valence-corrected chi connectivity index (χ0v) is 14.5. The Bertz CT molecular complexity index is 1110. The first-order chi connectivity index (χ1) is 12.0. The Morgan fingerprint density at radius 3 is 2.52 bits per heavy atom. The molecule has 0 saturated heterocycles. The first kappa shape index (κ1) is 15.7. The van der Waals surface area contributed by atoms with Crippen LogP contribution in [0, 0.1) is 6.92 Å². The summed E-state index contributed by atoms with van der Waals surface area (Å²) in [7, 11) is 0. The summed E-state index contributed by atoms with van der Waals surface area (Å²) >= 11 is 6.00. The van der Waals surface area contributed by atoms with Crippen LogP contribution in [0.3, 0.4) is 0 Å². The minimum Gasteiger partial charge on any atom is -0.366 e. The quantitative estimate of drug-likeness (QED) is 0.562. The van der Waals surface area contributed by atoms with Gasteiger partial charge >= 0.3 is 0 Å². The average molecular weight is 349 g/mol. The van der Waals surface area contributed by atoms with Crippen LogP contribution in [0.5, 0.6) is 0 Å². The number of carbonyl (C=O) groups is 1. The zero-order valence-electron chi connectivity index (χ0n) is 13.8. The number of nitrogens with two attached hydrogens (primary N) is 1. The number of amides is 1. The van der Waals surface area contributed by atoms with Crippen molar-refractivity contribution < 1.29 is 4.79 Å². The van der Waals surface area contributed by atoms with E-state index in [1.807, 2.05) is 36.4 Å². The summed E-state index contributed by atoms with van der Waals surface area (Å²) in [4.78, 5) is 11.9. The molecule has 1 aromatic heterocycles. The van der Waals surface area contributed by atoms with Gasteiger partial charge in [-0.3, -0.25) is 4.79 Å². The number of carbonyl (C=O) groups excluding carboxylic acids is 1. The monoisotopic (exact) mass is 348 g/mol. The fraction of sp³-hybridized carbons (Fsp3) is 0.0952. The molecule has 1 amide bonds. The molecule has 4 rings (SSSR count). The molecular formula is C21H17ClN2O. The van der Waals surface area contributed by atoms with Crippen molar-refractivity contribution in [3.05, 3.63) is 82.4 Å². The second-order valence-electron chi connectivity index (χ2n) is 6.30. The molecule has 4 aromatic rings. The lowest BCUT2D eigenvalue weighted by atomic mass is 10.1. The Morgan fingerprint density at radius 2 is 1.80 bits per heavy atom. The molecular weight excluding hydrogens is 332 g/mol. The maximum atomic E-state index is 11.9. The van der Waals surface area contributed by atoms with Gasteiger partial charge in [0.25, 0.3) is 0 Å². The van der Waals surface area contributed by atoms with Crippen LogP contribution in [0.1, 0.15) is 21.5 Å². The number of fused-ring (bicyclic) bond motifs is 3. The van der Waals surface area contributed by atoms with Crippen molar-refractivity contribution in [3.63, 3.8) is 0 Å². The second-order valence-corrected chi connectivity index (χ2v) is 6.73. The van der Waals surface area contributed by atoms with Gasteiger partial charge in [0.2, 0.25) is 5.91 Å². The minimum absolute atomic E-state index is 0.406. The van der Waals surface area contributed by atoms with Crippen LogP contribution in [0.25, 0.3) is 21.8 Å². The van der Waals surface area contributed by atoms with Gasteiger partial charge in [0.05, 0.1) is 5.52 Å². The van der Waals surface area contributed by atoms with E-state index in [2.05, 4.69) is 29.7 Å². The van der Waals surface area contributed by atoms with E-state index in [1.165, 1.54) is 5.56 Å². The average Bonchev–Trinajstić information content (AvgIpc) is 2.90. The molecule has 0 radical (unpaired) electrons. The maximum absolute atomic E-state index is 11.9. The van der Waals surface area contributed by atoms with Gasteiger partial charge < -0.3 is 10.3 Å². The van der Waals surface area contributed by atoms with Gasteiger partial charge in [-0.1, -0.05) is 41.9 Å². The van der Waals surface area contributed by atoms with Crippen LogP contribution in [-0.4, -0.2) is 10.5 Å². The molecule has 2 N–H and O–H groups in total. The molecule has 0 aliphatic carbocycles. The van der Waals surface area contributed by atoms with Crippen LogP contribution in [-0.2, 0) is 6.54 Å². The Morgan fingerprint density at radius 1 is 1.04 bits per heavy atom. The van der Waals surface area contributed by atoms with Crippen molar-refractivity contribution in [3.8, 4) is 0 Å². The lowest BCUT2D eigenvalue weighted by Gasteiger charge is -2.09. The molecule has 0 aliphatic heterocycles. The van der Waals surface area contributed by atoms with Crippen LogP contribution >= 0.6 is 11.6 Å². The van der Waals surface area contributed by atoms with Gasteiger partial charge in [-0.2, -0.15) is 0 Å². The highest BCUT2D eigenvalue weighted by Gasteiger charge is 2.16. The summed E-state index contributed by atoms with van der Waals surface area (Å²) in [5.41, 5.74) is 10.6. The normalized spacial score (nSPS) is 11.3. The molecule has 0 spiro atoms. The molecule has 3 nitrogen and oxygen atoms in total. The molecule has 0 fully saturated rings. The summed E-state index contributed by atoms with van der Waals surface area (Å²) in [5, 5.41) is 2.68. The number of aromatic nitrogens is 1. The predicted molar refractivity (Wildman–Crippen MR) is 103 cm³/mol. The van der Waals surface area contributed by atoms with E-state index in [9.17, 15) is 4.79 Å². The number of benzene rings is 3. The molecule has 0 bridgehead atoms. The largest absolute Gasteiger partial charge is 0.366 e. The Kier molecular flexibility index (Phi) is 3.74. The lowest BCUT2D eigenvalue weighted by Crippen LogP contribution is -2.11. The predicted octanol–water partition coefficient (Wildman–Crippen LogP) is 4.90. The van der Waals surface area contributed by atoms with E-state index in [0.29, 0.717) is 12.1 Å². The Hall–Kier alpha value is -2.78. The molecule has 0 saturated carbocycles. The van der Waals surface area contributed by atoms with Crippen molar-refractivity contribution in [1.82, 2.24) is 4.57 Å². The van der Waals surface area contributed by atoms with Gasteiger partial charge in [-0.25, -0.2) is 0 Å². The number of hydrogen-bond donors (Lipinski definition) is 1. The number of hydrogen-bond acceptors (Lipinski definition) is 1. The molecule has 25 heavy (non-hydrogen) atoms. The third-order valence-electron chi connectivity index (χ3n) is 4.57. The van der Waals surface area contributed by atoms with Gasteiger partial charge in [0.15, 0.2) is 0 Å². The smallest absolute Gasteiger partial charge is 0.249 e. The van der Waals surface area contributed by atoms with Crippen molar-refractivity contribution >= 4 is 39.3 Å². The molecule has 0 unspecified atom stereocenters. The SMILES string of the molecule is Cc1ccc2c3c(C(N)=O)cccc3n(Cc3ccc(Cl)cc3)c2c1. The third kappa shape index (κ3) is 2.67. The molecule has 124 valence electrons. The second kappa shape index (κ2) is 5.94. The standard InChI is InChI=1S/C21H17ClN2O/c1-13-5-10-16-19(11-13)24(12-14-6-8-15(22)9-7-14)18-4-2-3-17(20(16)18)21(23)25/h2-11H,12H2,1H3,(H2,23,25). The number of aryl methyl sites for hydroxylation is 1. The molecule has 0 aliphatic rings. The summed E-state index contributed by atoms with van der Waals surface area (Å²) in [5.74, 6) is -0.406. The fourth-order valence-corrected chi connectivity index (χ4v) is 3.53. The van der Waals surface area contributed by atoms with E-state index in [4.69, 9.17) is 17.3 Å². The van der Waals surface area contributed by atoms with E-state index in [1.54, 1.807) is 6.07 Å². The highest BCUT2D eigenvalue weighted by molar-refractivity contribution is 6.30. The van der Waals surface area contributed by atoms with Crippen LogP contribution < -0.4 is 5.73 Å². The maximum Gasteiger partial charge on any atom is 0.249 e. The van der Waals surface area contributed by atoms with Crippen molar-refractivity contribution in [2.24, 2.45) is 5.73 Å². The van der Waals surface area contributed by atoms with Gasteiger partial charge in [0, 0.05) is 33.4 Å². The molecule has 4 heteroatoms. The van der Waals surface area contributed by atoms with E-state index >= 15 is 0 Å². The number of nitrogens with zero attached hydrogens (tertiary/aromatic N) is 1. The minimum atomic E-state index is -0.406. The molecule has 0 atom stereocenters. The molecule has 1 heterocycles. The third-order valence-corrected chi connectivity index (χ3v) is 4.82. The highest BCUT2D eigenvalue weighted by atomic mass is 35.5.